The molecule has 2 aliphatic heterocycles. The van der Waals surface area contributed by atoms with Crippen LogP contribution in [0.4, 0.5) is 22.7 Å². The Kier molecular flexibility index (Phi) is 8.22. The number of likely N-dealkylation sites (N-methyl/N-ethyl adjacent to an activating group) is 2. The van der Waals surface area contributed by atoms with Crippen molar-refractivity contribution in [1.82, 2.24) is 9.80 Å². The zero-order valence-corrected chi connectivity index (χ0v) is 18.8. The van der Waals surface area contributed by atoms with Crippen molar-refractivity contribution < 1.29 is 0 Å². The van der Waals surface area contributed by atoms with E-state index >= 15 is 0 Å². The molecule has 0 radical (unpaired) electrons. The summed E-state index contributed by atoms with van der Waals surface area (Å²) in [5, 5.41) is 2.38. The van der Waals surface area contributed by atoms with Gasteiger partial charge in [0, 0.05) is 69.4 Å². The number of benzene rings is 2. The van der Waals surface area contributed by atoms with E-state index in [4.69, 9.17) is 5.73 Å². The smallest absolute Gasteiger partial charge is 0.0741 e. The van der Waals surface area contributed by atoms with Crippen LogP contribution < -0.4 is 15.5 Å². The van der Waals surface area contributed by atoms with Crippen molar-refractivity contribution in [2.24, 2.45) is 4.99 Å². The summed E-state index contributed by atoms with van der Waals surface area (Å²) in [7, 11) is 4.33. The van der Waals surface area contributed by atoms with E-state index < -0.39 is 0 Å². The molecule has 0 unspecified atom stereocenters. The van der Waals surface area contributed by atoms with Gasteiger partial charge in [-0.2, -0.15) is 4.99 Å². The van der Waals surface area contributed by atoms with Crippen LogP contribution in [-0.2, 0) is 0 Å². The molecular weight excluding hydrogens is 392 g/mol. The molecule has 2 aromatic rings. The molecule has 2 heterocycles. The van der Waals surface area contributed by atoms with Crippen LogP contribution in [0, 0.1) is 0 Å². The third kappa shape index (κ3) is 6.54. The molecule has 2 fully saturated rings. The number of aliphatic imine (C=N–C) groups is 1. The van der Waals surface area contributed by atoms with Gasteiger partial charge in [-0.15, -0.1) is 0 Å². The number of nitrogens with two attached hydrogens (primary N) is 1. The van der Waals surface area contributed by atoms with Crippen LogP contribution in [0.5, 0.6) is 0 Å². The number of hydrogen-bond acceptors (Lipinski definition) is 7. The van der Waals surface area contributed by atoms with E-state index in [1.165, 1.54) is 11.4 Å². The second-order valence-corrected chi connectivity index (χ2v) is 8.07. The maximum Gasteiger partial charge on any atom is 0.0741 e. The molecule has 0 saturated carbocycles. The number of isothiocyanates is 1. The molecule has 4 rings (SSSR count). The normalized spacial score (nSPS) is 17.7. The molecule has 2 aromatic carbocycles. The summed E-state index contributed by atoms with van der Waals surface area (Å²) in [4.78, 5) is 13.4. The number of nitrogen functional groups attached to an aromatic ring is 1. The maximum absolute atomic E-state index is 5.65. The van der Waals surface area contributed by atoms with Crippen LogP contribution >= 0.6 is 12.2 Å². The molecule has 0 amide bonds. The van der Waals surface area contributed by atoms with Gasteiger partial charge in [-0.25, -0.2) is 0 Å². The van der Waals surface area contributed by atoms with Crippen molar-refractivity contribution in [3.05, 3.63) is 48.5 Å². The molecule has 0 atom stereocenters. The molecule has 2 N–H and O–H groups in total. The lowest BCUT2D eigenvalue weighted by Crippen LogP contribution is -2.44. The SMILES string of the molecule is CN1CCN(c2ccc(N)cc2)CC1.CN1CCN(c2ccc(N=C=S)cc2)CC1. The number of hydrogen-bond donors (Lipinski definition) is 1. The second kappa shape index (κ2) is 11.1. The van der Waals surface area contributed by atoms with E-state index in [0.717, 1.165) is 63.7 Å². The monoisotopic (exact) mass is 424 g/mol. The molecule has 2 saturated heterocycles. The minimum atomic E-state index is 0.836. The molecule has 0 aromatic heterocycles. The van der Waals surface area contributed by atoms with Crippen molar-refractivity contribution in [1.29, 1.82) is 0 Å². The van der Waals surface area contributed by atoms with Crippen molar-refractivity contribution in [2.45, 2.75) is 0 Å². The number of rotatable bonds is 3. The average molecular weight is 425 g/mol. The van der Waals surface area contributed by atoms with Gasteiger partial charge in [-0.05, 0) is 74.8 Å². The third-order valence-electron chi connectivity index (χ3n) is 5.65. The molecule has 0 bridgehead atoms. The van der Waals surface area contributed by atoms with Gasteiger partial charge in [0.25, 0.3) is 0 Å². The Morgan fingerprint density at radius 2 is 1.10 bits per heavy atom. The quantitative estimate of drug-likeness (QED) is 0.464. The Morgan fingerprint density at radius 1 is 0.700 bits per heavy atom. The van der Waals surface area contributed by atoms with Gasteiger partial charge in [0.15, 0.2) is 0 Å². The first kappa shape index (κ1) is 22.2. The number of piperazine rings is 2. The van der Waals surface area contributed by atoms with Crippen LogP contribution in [0.2, 0.25) is 0 Å². The van der Waals surface area contributed by atoms with Crippen LogP contribution in [-0.4, -0.2) is 81.4 Å². The predicted octanol–water partition coefficient (Wildman–Crippen LogP) is 3.19. The summed E-state index contributed by atoms with van der Waals surface area (Å²) >= 11 is 4.57. The fourth-order valence-electron chi connectivity index (χ4n) is 3.61. The zero-order chi connectivity index (χ0) is 21.3. The van der Waals surface area contributed by atoms with Crippen molar-refractivity contribution in [3.8, 4) is 0 Å². The van der Waals surface area contributed by atoms with E-state index in [-0.39, 0.29) is 0 Å². The van der Waals surface area contributed by atoms with E-state index in [1.54, 1.807) is 0 Å². The maximum atomic E-state index is 5.65. The summed E-state index contributed by atoms with van der Waals surface area (Å²) in [6.45, 7) is 8.94. The van der Waals surface area contributed by atoms with Gasteiger partial charge in [0.1, 0.15) is 0 Å². The Morgan fingerprint density at radius 3 is 1.50 bits per heavy atom. The first-order chi connectivity index (χ1) is 14.5. The standard InChI is InChI=1S/C12H15N3S.C11H17N3/c1-14-6-8-15(9-7-14)12-4-2-11(3-5-12)13-10-16;1-13-6-8-14(9-7-13)11-4-2-10(12)3-5-11/h2-5H,6-9H2,1H3;2-5H,6-9,12H2,1H3. The Labute approximate surface area is 185 Å². The van der Waals surface area contributed by atoms with E-state index in [1.807, 2.05) is 24.3 Å². The van der Waals surface area contributed by atoms with Crippen LogP contribution in [0.15, 0.2) is 53.5 Å². The van der Waals surface area contributed by atoms with E-state index in [0.29, 0.717) is 0 Å². The molecular formula is C23H32N6S. The summed E-state index contributed by atoms with van der Waals surface area (Å²) in [6.07, 6.45) is 0. The lowest BCUT2D eigenvalue weighted by Gasteiger charge is -2.34. The van der Waals surface area contributed by atoms with Crippen LogP contribution in [0.3, 0.4) is 0 Å². The average Bonchev–Trinajstić information content (AvgIpc) is 2.77. The van der Waals surface area contributed by atoms with Gasteiger partial charge in [0.2, 0.25) is 0 Å². The molecule has 7 heteroatoms. The largest absolute Gasteiger partial charge is 0.399 e. The summed E-state index contributed by atoms with van der Waals surface area (Å²) in [5.74, 6) is 0. The molecule has 0 aliphatic carbocycles. The predicted molar refractivity (Wildman–Crippen MR) is 131 cm³/mol. The highest BCUT2D eigenvalue weighted by atomic mass is 32.1. The van der Waals surface area contributed by atoms with Gasteiger partial charge in [0.05, 0.1) is 10.8 Å². The van der Waals surface area contributed by atoms with Crippen LogP contribution in [0.1, 0.15) is 0 Å². The summed E-state index contributed by atoms with van der Waals surface area (Å²) < 4.78 is 0. The first-order valence-electron chi connectivity index (χ1n) is 10.5. The lowest BCUT2D eigenvalue weighted by molar-refractivity contribution is 0.313. The van der Waals surface area contributed by atoms with Gasteiger partial charge >= 0.3 is 0 Å². The molecule has 30 heavy (non-hydrogen) atoms. The molecule has 0 spiro atoms. The van der Waals surface area contributed by atoms with Crippen molar-refractivity contribution >= 4 is 40.1 Å². The van der Waals surface area contributed by atoms with Gasteiger partial charge in [-0.3, -0.25) is 0 Å². The highest BCUT2D eigenvalue weighted by Crippen LogP contribution is 2.20. The lowest BCUT2D eigenvalue weighted by atomic mass is 10.2. The summed E-state index contributed by atoms with van der Waals surface area (Å²) in [5.41, 5.74) is 9.90. The number of anilines is 3. The molecule has 160 valence electrons. The Hall–Kier alpha value is -2.44. The Balaban J connectivity index is 0.000000172. The van der Waals surface area contributed by atoms with Gasteiger partial charge < -0.3 is 25.3 Å². The highest BCUT2D eigenvalue weighted by Gasteiger charge is 2.14. The minimum Gasteiger partial charge on any atom is -0.399 e. The van der Waals surface area contributed by atoms with Crippen molar-refractivity contribution in [2.75, 3.05) is 82.0 Å². The topological polar surface area (TPSA) is 51.3 Å². The first-order valence-corrected chi connectivity index (χ1v) is 10.9. The number of thiocarbonyl (C=S) groups is 1. The second-order valence-electron chi connectivity index (χ2n) is 7.89. The Bertz CT molecular complexity index is 816. The van der Waals surface area contributed by atoms with Gasteiger partial charge in [-0.1, -0.05) is 0 Å². The summed E-state index contributed by atoms with van der Waals surface area (Å²) in [6, 6.07) is 16.3. The fourth-order valence-corrected chi connectivity index (χ4v) is 3.71. The molecule has 2 aliphatic rings. The number of nitrogens with zero attached hydrogens (tertiary/aromatic N) is 5. The minimum absolute atomic E-state index is 0.836. The zero-order valence-electron chi connectivity index (χ0n) is 18.0. The molecule has 6 nitrogen and oxygen atoms in total. The highest BCUT2D eigenvalue weighted by molar-refractivity contribution is 7.78. The van der Waals surface area contributed by atoms with Crippen molar-refractivity contribution in [3.63, 3.8) is 0 Å². The van der Waals surface area contributed by atoms with Crippen LogP contribution in [0.25, 0.3) is 0 Å². The van der Waals surface area contributed by atoms with E-state index in [2.05, 4.69) is 80.3 Å². The fraction of sp³-hybridized carbons (Fsp3) is 0.435. The third-order valence-corrected chi connectivity index (χ3v) is 5.75. The van der Waals surface area contributed by atoms with E-state index in [9.17, 15) is 0 Å².